The zero-order valence-corrected chi connectivity index (χ0v) is 16.3. The third kappa shape index (κ3) is 3.16. The van der Waals surface area contributed by atoms with Crippen LogP contribution in [0.4, 0.5) is 0 Å². The lowest BCUT2D eigenvalue weighted by atomic mass is 9.92. The van der Waals surface area contributed by atoms with Crippen LogP contribution < -0.4 is 5.56 Å². The molecule has 1 heterocycles. The maximum absolute atomic E-state index is 12.9. The van der Waals surface area contributed by atoms with E-state index in [2.05, 4.69) is 20.9 Å². The monoisotopic (exact) mass is 398 g/mol. The molecule has 0 unspecified atom stereocenters. The van der Waals surface area contributed by atoms with Gasteiger partial charge in [0.1, 0.15) is 0 Å². The molecule has 0 bridgehead atoms. The van der Waals surface area contributed by atoms with E-state index in [0.29, 0.717) is 16.5 Å². The fourth-order valence-corrected chi connectivity index (χ4v) is 3.55. The van der Waals surface area contributed by atoms with Gasteiger partial charge in [-0.3, -0.25) is 14.2 Å². The molecule has 0 fully saturated rings. The standard InChI is InChI=1S/C20H19BrN2O2/c1-11-7-12(2)19(14(4)13(11)3)18(24)9-23-10-22-17-6-5-15(21)8-16(17)20(23)25/h5-8,10H,9H2,1-4H3. The molecule has 4 nitrogen and oxygen atoms in total. The van der Waals surface area contributed by atoms with E-state index in [-0.39, 0.29) is 17.9 Å². The molecule has 0 spiro atoms. The van der Waals surface area contributed by atoms with E-state index < -0.39 is 0 Å². The Labute approximate surface area is 154 Å². The van der Waals surface area contributed by atoms with Crippen molar-refractivity contribution in [2.24, 2.45) is 0 Å². The minimum absolute atomic E-state index is 0.0154. The molecule has 0 amide bonds. The van der Waals surface area contributed by atoms with Gasteiger partial charge in [0.25, 0.3) is 5.56 Å². The molecular formula is C20H19BrN2O2. The lowest BCUT2D eigenvalue weighted by Gasteiger charge is -2.15. The van der Waals surface area contributed by atoms with E-state index in [1.807, 2.05) is 39.8 Å². The van der Waals surface area contributed by atoms with Crippen molar-refractivity contribution in [1.82, 2.24) is 9.55 Å². The molecular weight excluding hydrogens is 380 g/mol. The predicted molar refractivity (Wildman–Crippen MR) is 103 cm³/mol. The van der Waals surface area contributed by atoms with Crippen molar-refractivity contribution in [3.63, 3.8) is 0 Å². The summed E-state index contributed by atoms with van der Waals surface area (Å²) in [6.45, 7) is 7.94. The lowest BCUT2D eigenvalue weighted by molar-refractivity contribution is 0.0969. The molecule has 5 heteroatoms. The van der Waals surface area contributed by atoms with Crippen molar-refractivity contribution >= 4 is 32.6 Å². The first-order chi connectivity index (χ1) is 11.8. The number of aryl methyl sites for hydroxylation is 2. The highest BCUT2D eigenvalue weighted by Gasteiger charge is 2.17. The van der Waals surface area contributed by atoms with Gasteiger partial charge in [0.15, 0.2) is 5.78 Å². The van der Waals surface area contributed by atoms with Crippen molar-refractivity contribution in [2.45, 2.75) is 34.2 Å². The van der Waals surface area contributed by atoms with Gasteiger partial charge >= 0.3 is 0 Å². The molecule has 2 aromatic carbocycles. The number of nitrogens with zero attached hydrogens (tertiary/aromatic N) is 2. The molecule has 0 aliphatic carbocycles. The second-order valence-electron chi connectivity index (χ2n) is 6.40. The van der Waals surface area contributed by atoms with Gasteiger partial charge in [-0.1, -0.05) is 22.0 Å². The normalized spacial score (nSPS) is 11.1. The molecule has 0 saturated carbocycles. The van der Waals surface area contributed by atoms with Crippen molar-refractivity contribution < 1.29 is 4.79 Å². The molecule has 0 radical (unpaired) electrons. The highest BCUT2D eigenvalue weighted by atomic mass is 79.9. The molecule has 25 heavy (non-hydrogen) atoms. The zero-order chi connectivity index (χ0) is 18.3. The summed E-state index contributed by atoms with van der Waals surface area (Å²) in [6.07, 6.45) is 1.45. The summed E-state index contributed by atoms with van der Waals surface area (Å²) in [5, 5.41) is 0.498. The van der Waals surface area contributed by atoms with Gasteiger partial charge in [0, 0.05) is 10.0 Å². The first kappa shape index (κ1) is 17.5. The molecule has 0 atom stereocenters. The summed E-state index contributed by atoms with van der Waals surface area (Å²) < 4.78 is 2.19. The first-order valence-electron chi connectivity index (χ1n) is 8.05. The highest BCUT2D eigenvalue weighted by Crippen LogP contribution is 2.22. The number of aromatic nitrogens is 2. The van der Waals surface area contributed by atoms with Gasteiger partial charge in [-0.05, 0) is 68.1 Å². The Balaban J connectivity index is 2.05. The number of ketones is 1. The van der Waals surface area contributed by atoms with Gasteiger partial charge in [0.05, 0.1) is 23.8 Å². The summed E-state index contributed by atoms with van der Waals surface area (Å²) >= 11 is 3.37. The summed E-state index contributed by atoms with van der Waals surface area (Å²) in [7, 11) is 0. The molecule has 1 aromatic heterocycles. The highest BCUT2D eigenvalue weighted by molar-refractivity contribution is 9.10. The third-order valence-corrected chi connectivity index (χ3v) is 5.23. The summed E-state index contributed by atoms with van der Waals surface area (Å²) in [5.74, 6) is -0.0728. The van der Waals surface area contributed by atoms with Crippen molar-refractivity contribution in [1.29, 1.82) is 0 Å². The van der Waals surface area contributed by atoms with Crippen LogP contribution in [0.5, 0.6) is 0 Å². The molecule has 128 valence electrons. The number of carbonyl (C=O) groups excluding carboxylic acids is 1. The quantitative estimate of drug-likeness (QED) is 0.618. The second-order valence-corrected chi connectivity index (χ2v) is 7.31. The third-order valence-electron chi connectivity index (χ3n) is 4.74. The van der Waals surface area contributed by atoms with Crippen LogP contribution >= 0.6 is 15.9 Å². The van der Waals surface area contributed by atoms with Crippen LogP contribution in [0.15, 0.2) is 39.9 Å². The number of hydrogen-bond acceptors (Lipinski definition) is 3. The van der Waals surface area contributed by atoms with Crippen LogP contribution in [0, 0.1) is 27.7 Å². The van der Waals surface area contributed by atoms with E-state index in [4.69, 9.17) is 0 Å². The Morgan fingerprint density at radius 1 is 1.08 bits per heavy atom. The van der Waals surface area contributed by atoms with E-state index in [1.54, 1.807) is 12.1 Å². The zero-order valence-electron chi connectivity index (χ0n) is 14.7. The second kappa shape index (κ2) is 6.56. The smallest absolute Gasteiger partial charge is 0.261 e. The first-order valence-corrected chi connectivity index (χ1v) is 8.84. The Morgan fingerprint density at radius 2 is 1.80 bits per heavy atom. The lowest BCUT2D eigenvalue weighted by Crippen LogP contribution is -2.25. The Hall–Kier alpha value is -2.27. The maximum atomic E-state index is 12.9. The molecule has 3 aromatic rings. The van der Waals surface area contributed by atoms with Gasteiger partial charge in [0.2, 0.25) is 0 Å². The van der Waals surface area contributed by atoms with Gasteiger partial charge < -0.3 is 0 Å². The molecule has 0 N–H and O–H groups in total. The number of rotatable bonds is 3. The number of hydrogen-bond donors (Lipinski definition) is 0. The van der Waals surface area contributed by atoms with Crippen LogP contribution in [-0.2, 0) is 6.54 Å². The number of benzene rings is 2. The van der Waals surface area contributed by atoms with Gasteiger partial charge in [-0.25, -0.2) is 4.98 Å². The molecule has 0 saturated heterocycles. The Kier molecular flexibility index (Phi) is 4.60. The maximum Gasteiger partial charge on any atom is 0.261 e. The number of fused-ring (bicyclic) bond motifs is 1. The van der Waals surface area contributed by atoms with Crippen LogP contribution in [-0.4, -0.2) is 15.3 Å². The van der Waals surface area contributed by atoms with E-state index >= 15 is 0 Å². The average Bonchev–Trinajstić information content (AvgIpc) is 2.56. The van der Waals surface area contributed by atoms with Crippen molar-refractivity contribution in [3.8, 4) is 0 Å². The number of halogens is 1. The Morgan fingerprint density at radius 3 is 2.52 bits per heavy atom. The van der Waals surface area contributed by atoms with E-state index in [1.165, 1.54) is 16.5 Å². The van der Waals surface area contributed by atoms with Crippen molar-refractivity contribution in [2.75, 3.05) is 0 Å². The van der Waals surface area contributed by atoms with Crippen LogP contribution in [0.25, 0.3) is 10.9 Å². The number of carbonyl (C=O) groups is 1. The molecule has 0 aliphatic rings. The average molecular weight is 399 g/mol. The van der Waals surface area contributed by atoms with Gasteiger partial charge in [-0.2, -0.15) is 0 Å². The summed E-state index contributed by atoms with van der Waals surface area (Å²) in [4.78, 5) is 29.9. The minimum Gasteiger partial charge on any atom is -0.292 e. The van der Waals surface area contributed by atoms with E-state index in [0.717, 1.165) is 21.2 Å². The summed E-state index contributed by atoms with van der Waals surface area (Å²) in [6, 6.07) is 7.38. The Bertz CT molecular complexity index is 1070. The van der Waals surface area contributed by atoms with Crippen LogP contribution in [0.1, 0.15) is 32.6 Å². The SMILES string of the molecule is Cc1cc(C)c(C(=O)Cn2cnc3ccc(Br)cc3c2=O)c(C)c1C. The summed E-state index contributed by atoms with van der Waals surface area (Å²) in [5.41, 5.74) is 5.31. The fraction of sp³-hybridized carbons (Fsp3) is 0.250. The van der Waals surface area contributed by atoms with Crippen molar-refractivity contribution in [3.05, 3.63) is 73.2 Å². The fourth-order valence-electron chi connectivity index (χ4n) is 3.19. The van der Waals surface area contributed by atoms with Crippen LogP contribution in [0.3, 0.4) is 0 Å². The van der Waals surface area contributed by atoms with Gasteiger partial charge in [-0.15, -0.1) is 0 Å². The molecule has 0 aliphatic heterocycles. The minimum atomic E-state index is -0.209. The van der Waals surface area contributed by atoms with Crippen LogP contribution in [0.2, 0.25) is 0 Å². The van der Waals surface area contributed by atoms with E-state index in [9.17, 15) is 9.59 Å². The largest absolute Gasteiger partial charge is 0.292 e. The number of Topliss-reactive ketones (excluding diaryl/α,β-unsaturated/α-hetero) is 1. The molecule has 3 rings (SSSR count). The predicted octanol–water partition coefficient (Wildman–Crippen LogP) is 4.28. The topological polar surface area (TPSA) is 52.0 Å².